The van der Waals surface area contributed by atoms with E-state index >= 15 is 0 Å². The number of urea groups is 1. The number of hydrogen-bond acceptors (Lipinski definition) is 3. The van der Waals surface area contributed by atoms with Crippen molar-refractivity contribution in [1.82, 2.24) is 10.2 Å². The first-order valence-electron chi connectivity index (χ1n) is 7.70. The minimum atomic E-state index is -4.64. The minimum Gasteiger partial charge on any atom is -0.481 e. The van der Waals surface area contributed by atoms with Gasteiger partial charge in [-0.25, -0.2) is 4.79 Å². The van der Waals surface area contributed by atoms with Crippen molar-refractivity contribution in [2.75, 3.05) is 25.4 Å². The molecule has 1 heterocycles. The molecule has 0 bridgehead atoms. The van der Waals surface area contributed by atoms with Crippen molar-refractivity contribution >= 4 is 23.8 Å². The van der Waals surface area contributed by atoms with E-state index in [0.29, 0.717) is 5.75 Å². The maximum atomic E-state index is 12.9. The first kappa shape index (κ1) is 19.4. The maximum absolute atomic E-state index is 12.9. The summed E-state index contributed by atoms with van der Waals surface area (Å²) >= 11 is 1.52. The van der Waals surface area contributed by atoms with E-state index in [0.717, 1.165) is 15.4 Å². The fraction of sp³-hybridized carbons (Fsp3) is 0.500. The van der Waals surface area contributed by atoms with Crippen LogP contribution in [-0.4, -0.2) is 53.6 Å². The number of aliphatic carboxylic acids is 1. The van der Waals surface area contributed by atoms with Crippen molar-refractivity contribution < 1.29 is 27.9 Å². The molecule has 0 unspecified atom stereocenters. The number of carboxylic acids is 1. The molecule has 1 aromatic carbocycles. The molecule has 2 amide bonds. The van der Waals surface area contributed by atoms with E-state index in [1.165, 1.54) is 11.8 Å². The number of carboxylic acid groups (broad SMARTS) is 1. The van der Waals surface area contributed by atoms with E-state index < -0.39 is 43.1 Å². The van der Waals surface area contributed by atoms with Crippen molar-refractivity contribution in [3.63, 3.8) is 0 Å². The number of carbonyl (C=O) groups excluding carboxylic acids is 1. The van der Waals surface area contributed by atoms with Crippen LogP contribution in [0.4, 0.5) is 18.0 Å². The number of rotatable bonds is 5. The van der Waals surface area contributed by atoms with Gasteiger partial charge in [-0.2, -0.15) is 13.2 Å². The first-order chi connectivity index (χ1) is 11.7. The van der Waals surface area contributed by atoms with Gasteiger partial charge in [0.05, 0.1) is 11.8 Å². The van der Waals surface area contributed by atoms with Gasteiger partial charge < -0.3 is 15.3 Å². The zero-order valence-corrected chi connectivity index (χ0v) is 14.4. The summed E-state index contributed by atoms with van der Waals surface area (Å²) in [5.74, 6) is -4.62. The zero-order valence-electron chi connectivity index (χ0n) is 13.5. The van der Waals surface area contributed by atoms with Crippen LogP contribution in [0.25, 0.3) is 0 Å². The monoisotopic (exact) mass is 376 g/mol. The van der Waals surface area contributed by atoms with Crippen LogP contribution in [0.15, 0.2) is 29.2 Å². The van der Waals surface area contributed by atoms with Crippen LogP contribution in [-0.2, 0) is 4.79 Å². The maximum Gasteiger partial charge on any atom is 0.394 e. The molecular weight excluding hydrogens is 357 g/mol. The van der Waals surface area contributed by atoms with E-state index in [2.05, 4.69) is 5.32 Å². The lowest BCUT2D eigenvalue weighted by atomic mass is 9.96. The highest BCUT2D eigenvalue weighted by atomic mass is 32.2. The third kappa shape index (κ3) is 5.29. The predicted molar refractivity (Wildman–Crippen MR) is 87.5 cm³/mol. The molecule has 0 aliphatic carbocycles. The fourth-order valence-corrected chi connectivity index (χ4v) is 3.39. The van der Waals surface area contributed by atoms with E-state index in [9.17, 15) is 22.8 Å². The number of nitrogens with zero attached hydrogens (tertiary/aromatic N) is 1. The average Bonchev–Trinajstić information content (AvgIpc) is 2.99. The summed E-state index contributed by atoms with van der Waals surface area (Å²) < 4.78 is 38.7. The number of thioether (sulfide) groups is 1. The molecule has 0 radical (unpaired) electrons. The smallest absolute Gasteiger partial charge is 0.394 e. The standard InChI is InChI=1S/C16H19F3N2O3S/c1-10-2-4-11(5-3-10)25-7-6-20-15(24)21-8-12(14(22)23)13(9-21)16(17,18)19/h2-5,12-13H,6-9H2,1H3,(H,20,24)(H,22,23)/t12-,13-/m1/s1. The average molecular weight is 376 g/mol. The second-order valence-electron chi connectivity index (χ2n) is 5.89. The van der Waals surface area contributed by atoms with Crippen molar-refractivity contribution in [1.29, 1.82) is 0 Å². The molecular formula is C16H19F3N2O3S. The Bertz CT molecular complexity index is 622. The van der Waals surface area contributed by atoms with Gasteiger partial charge in [0, 0.05) is 30.3 Å². The lowest BCUT2D eigenvalue weighted by molar-refractivity contribution is -0.187. The molecule has 5 nitrogen and oxygen atoms in total. The predicted octanol–water partition coefficient (Wildman–Crippen LogP) is 2.99. The van der Waals surface area contributed by atoms with E-state index in [4.69, 9.17) is 5.11 Å². The van der Waals surface area contributed by atoms with Gasteiger partial charge in [-0.15, -0.1) is 11.8 Å². The lowest BCUT2D eigenvalue weighted by Crippen LogP contribution is -2.40. The van der Waals surface area contributed by atoms with Gasteiger partial charge in [-0.1, -0.05) is 17.7 Å². The van der Waals surface area contributed by atoms with E-state index in [1.54, 1.807) is 0 Å². The quantitative estimate of drug-likeness (QED) is 0.612. The molecule has 2 rings (SSSR count). The Hall–Kier alpha value is -1.90. The second kappa shape index (κ2) is 7.99. The van der Waals surface area contributed by atoms with Gasteiger partial charge in [-0.3, -0.25) is 4.79 Å². The molecule has 9 heteroatoms. The summed E-state index contributed by atoms with van der Waals surface area (Å²) in [4.78, 5) is 24.9. The van der Waals surface area contributed by atoms with Crippen LogP contribution in [0.5, 0.6) is 0 Å². The summed E-state index contributed by atoms with van der Waals surface area (Å²) in [7, 11) is 0. The van der Waals surface area contributed by atoms with Crippen molar-refractivity contribution in [2.24, 2.45) is 11.8 Å². The van der Waals surface area contributed by atoms with Gasteiger partial charge in [0.1, 0.15) is 0 Å². The number of benzene rings is 1. The highest BCUT2D eigenvalue weighted by Crippen LogP contribution is 2.37. The number of amides is 2. The Morgan fingerprint density at radius 1 is 1.28 bits per heavy atom. The number of likely N-dealkylation sites (tertiary alicyclic amines) is 1. The minimum absolute atomic E-state index is 0.280. The third-order valence-corrected chi connectivity index (χ3v) is 5.03. The Morgan fingerprint density at radius 3 is 2.44 bits per heavy atom. The largest absolute Gasteiger partial charge is 0.481 e. The Labute approximate surface area is 147 Å². The number of hydrogen-bond donors (Lipinski definition) is 2. The molecule has 1 saturated heterocycles. The second-order valence-corrected chi connectivity index (χ2v) is 7.06. The number of alkyl halides is 3. The normalized spacial score (nSPS) is 20.6. The molecule has 1 aliphatic heterocycles. The highest BCUT2D eigenvalue weighted by Gasteiger charge is 2.53. The Morgan fingerprint density at radius 2 is 1.92 bits per heavy atom. The fourth-order valence-electron chi connectivity index (χ4n) is 2.62. The SMILES string of the molecule is Cc1ccc(SCCNC(=O)N2C[C@@H](C(F)(F)F)[C@H](C(=O)O)C2)cc1. The molecule has 25 heavy (non-hydrogen) atoms. The van der Waals surface area contributed by atoms with E-state index in [1.807, 2.05) is 31.2 Å². The van der Waals surface area contributed by atoms with Crippen LogP contribution >= 0.6 is 11.8 Å². The number of halogens is 3. The van der Waals surface area contributed by atoms with Crippen LogP contribution in [0.3, 0.4) is 0 Å². The Balaban J connectivity index is 1.80. The van der Waals surface area contributed by atoms with E-state index in [-0.39, 0.29) is 6.54 Å². The van der Waals surface area contributed by atoms with Gasteiger partial charge in [0.25, 0.3) is 0 Å². The molecule has 1 fully saturated rings. The summed E-state index contributed by atoms with van der Waals surface area (Å²) in [6.45, 7) is 1.19. The zero-order chi connectivity index (χ0) is 18.6. The van der Waals surface area contributed by atoms with Crippen LogP contribution in [0, 0.1) is 18.8 Å². The summed E-state index contributed by atoms with van der Waals surface area (Å²) in [5, 5.41) is 11.5. The molecule has 0 saturated carbocycles. The van der Waals surface area contributed by atoms with Crippen molar-refractivity contribution in [3.8, 4) is 0 Å². The van der Waals surface area contributed by atoms with Crippen LogP contribution < -0.4 is 5.32 Å². The molecule has 2 atom stereocenters. The topological polar surface area (TPSA) is 69.6 Å². The summed E-state index contributed by atoms with van der Waals surface area (Å²) in [6, 6.07) is 7.17. The van der Waals surface area contributed by atoms with Crippen LogP contribution in [0.2, 0.25) is 0 Å². The Kier molecular flexibility index (Phi) is 6.21. The van der Waals surface area contributed by atoms with Crippen molar-refractivity contribution in [3.05, 3.63) is 29.8 Å². The molecule has 0 aromatic heterocycles. The summed E-state index contributed by atoms with van der Waals surface area (Å²) in [6.07, 6.45) is -4.64. The van der Waals surface area contributed by atoms with Gasteiger partial charge >= 0.3 is 18.2 Å². The summed E-state index contributed by atoms with van der Waals surface area (Å²) in [5.41, 5.74) is 1.14. The number of carbonyl (C=O) groups is 2. The third-order valence-electron chi connectivity index (χ3n) is 4.01. The highest BCUT2D eigenvalue weighted by molar-refractivity contribution is 7.99. The lowest BCUT2D eigenvalue weighted by Gasteiger charge is -2.18. The molecule has 1 aliphatic rings. The van der Waals surface area contributed by atoms with Crippen LogP contribution in [0.1, 0.15) is 5.56 Å². The first-order valence-corrected chi connectivity index (χ1v) is 8.69. The van der Waals surface area contributed by atoms with Gasteiger partial charge in [0.2, 0.25) is 0 Å². The number of nitrogens with one attached hydrogen (secondary N) is 1. The van der Waals surface area contributed by atoms with Gasteiger partial charge in [0.15, 0.2) is 0 Å². The molecule has 2 N–H and O–H groups in total. The number of aryl methyl sites for hydroxylation is 1. The molecule has 138 valence electrons. The molecule has 1 aromatic rings. The van der Waals surface area contributed by atoms with Crippen molar-refractivity contribution in [2.45, 2.75) is 18.0 Å². The van der Waals surface area contributed by atoms with Gasteiger partial charge in [-0.05, 0) is 19.1 Å². The molecule has 0 spiro atoms.